The van der Waals surface area contributed by atoms with Crippen molar-refractivity contribution in [1.82, 2.24) is 4.90 Å². The highest BCUT2D eigenvalue weighted by Crippen LogP contribution is 2.06. The quantitative estimate of drug-likeness (QED) is 0.506. The average Bonchev–Trinajstić information content (AvgIpc) is 2.03. The van der Waals surface area contributed by atoms with E-state index < -0.39 is 0 Å². The SMILES string of the molecule is IC#CCN1CCCCC1. The van der Waals surface area contributed by atoms with Crippen molar-refractivity contribution in [3.63, 3.8) is 0 Å². The minimum atomic E-state index is 0.975. The number of likely N-dealkylation sites (tertiary alicyclic amines) is 1. The predicted molar refractivity (Wildman–Crippen MR) is 52.1 cm³/mol. The monoisotopic (exact) mass is 249 g/mol. The molecule has 0 radical (unpaired) electrons. The zero-order valence-electron chi connectivity index (χ0n) is 6.07. The second-order valence-corrected chi connectivity index (χ2v) is 3.15. The summed E-state index contributed by atoms with van der Waals surface area (Å²) in [6, 6.07) is 0. The fourth-order valence-electron chi connectivity index (χ4n) is 1.26. The van der Waals surface area contributed by atoms with Crippen LogP contribution in [0.5, 0.6) is 0 Å². The van der Waals surface area contributed by atoms with Gasteiger partial charge in [0.25, 0.3) is 0 Å². The second-order valence-electron chi connectivity index (χ2n) is 2.61. The van der Waals surface area contributed by atoms with Gasteiger partial charge in [0.2, 0.25) is 0 Å². The Morgan fingerprint density at radius 1 is 1.20 bits per heavy atom. The molecule has 0 bridgehead atoms. The number of piperidine rings is 1. The molecule has 1 saturated heterocycles. The third-order valence-electron chi connectivity index (χ3n) is 1.82. The van der Waals surface area contributed by atoms with Crippen LogP contribution in [-0.4, -0.2) is 24.5 Å². The Morgan fingerprint density at radius 3 is 2.50 bits per heavy atom. The summed E-state index contributed by atoms with van der Waals surface area (Å²) in [5.41, 5.74) is 0. The third kappa shape index (κ3) is 2.89. The van der Waals surface area contributed by atoms with Crippen molar-refractivity contribution in [2.75, 3.05) is 19.6 Å². The van der Waals surface area contributed by atoms with E-state index in [1.54, 1.807) is 0 Å². The van der Waals surface area contributed by atoms with E-state index in [1.807, 2.05) is 0 Å². The average molecular weight is 249 g/mol. The lowest BCUT2D eigenvalue weighted by atomic mass is 10.1. The van der Waals surface area contributed by atoms with E-state index in [1.165, 1.54) is 32.4 Å². The maximum atomic E-state index is 3.08. The summed E-state index contributed by atoms with van der Waals surface area (Å²) in [4.78, 5) is 2.43. The lowest BCUT2D eigenvalue weighted by Gasteiger charge is -2.23. The van der Waals surface area contributed by atoms with Gasteiger partial charge in [-0.1, -0.05) is 12.3 Å². The van der Waals surface area contributed by atoms with Crippen LogP contribution in [0.2, 0.25) is 0 Å². The third-order valence-corrected chi connectivity index (χ3v) is 2.20. The summed E-state index contributed by atoms with van der Waals surface area (Å²) >= 11 is 2.10. The van der Waals surface area contributed by atoms with E-state index in [0.29, 0.717) is 0 Å². The van der Waals surface area contributed by atoms with Crippen LogP contribution >= 0.6 is 22.6 Å². The van der Waals surface area contributed by atoms with Gasteiger partial charge in [0.1, 0.15) is 0 Å². The first-order valence-electron chi connectivity index (χ1n) is 3.74. The number of rotatable bonds is 1. The largest absolute Gasteiger partial charge is 0.292 e. The molecule has 1 rings (SSSR count). The minimum absolute atomic E-state index is 0.975. The molecule has 56 valence electrons. The number of hydrogen-bond donors (Lipinski definition) is 0. The Kier molecular flexibility index (Phi) is 4.15. The lowest BCUT2D eigenvalue weighted by Crippen LogP contribution is -2.29. The summed E-state index contributed by atoms with van der Waals surface area (Å²) in [5, 5.41) is 0. The van der Waals surface area contributed by atoms with Crippen molar-refractivity contribution in [3.8, 4) is 9.85 Å². The molecule has 1 fully saturated rings. The van der Waals surface area contributed by atoms with Gasteiger partial charge in [0.05, 0.1) is 6.54 Å². The van der Waals surface area contributed by atoms with Crippen molar-refractivity contribution < 1.29 is 0 Å². The molecule has 0 atom stereocenters. The summed E-state index contributed by atoms with van der Waals surface area (Å²) in [5.74, 6) is 3.08. The van der Waals surface area contributed by atoms with Gasteiger partial charge in [-0.15, -0.1) is 0 Å². The zero-order valence-corrected chi connectivity index (χ0v) is 8.23. The van der Waals surface area contributed by atoms with E-state index >= 15 is 0 Å². The predicted octanol–water partition coefficient (Wildman–Crippen LogP) is 1.87. The van der Waals surface area contributed by atoms with Crippen molar-refractivity contribution in [1.29, 1.82) is 0 Å². The van der Waals surface area contributed by atoms with Crippen molar-refractivity contribution in [3.05, 3.63) is 0 Å². The highest BCUT2D eigenvalue weighted by atomic mass is 127. The summed E-state index contributed by atoms with van der Waals surface area (Å²) < 4.78 is 2.89. The minimum Gasteiger partial charge on any atom is -0.292 e. The molecule has 2 heteroatoms. The van der Waals surface area contributed by atoms with Crippen molar-refractivity contribution in [2.45, 2.75) is 19.3 Å². The summed E-state index contributed by atoms with van der Waals surface area (Å²) in [6.07, 6.45) is 4.14. The van der Waals surface area contributed by atoms with Gasteiger partial charge >= 0.3 is 0 Å². The molecule has 0 aliphatic carbocycles. The smallest absolute Gasteiger partial charge is 0.0609 e. The van der Waals surface area contributed by atoms with Crippen LogP contribution in [0.1, 0.15) is 19.3 Å². The van der Waals surface area contributed by atoms with Gasteiger partial charge in [-0.25, -0.2) is 0 Å². The van der Waals surface area contributed by atoms with E-state index in [-0.39, 0.29) is 0 Å². The van der Waals surface area contributed by atoms with Crippen LogP contribution in [0.3, 0.4) is 0 Å². The summed E-state index contributed by atoms with van der Waals surface area (Å²) in [6.45, 7) is 3.49. The van der Waals surface area contributed by atoms with Crippen LogP contribution in [-0.2, 0) is 0 Å². The van der Waals surface area contributed by atoms with Crippen LogP contribution in [0, 0.1) is 9.85 Å². The molecule has 1 aliphatic rings. The molecular weight excluding hydrogens is 237 g/mol. The Balaban J connectivity index is 2.17. The van der Waals surface area contributed by atoms with Crippen LogP contribution < -0.4 is 0 Å². The molecular formula is C8H12IN. The van der Waals surface area contributed by atoms with Crippen molar-refractivity contribution >= 4 is 22.6 Å². The van der Waals surface area contributed by atoms with Crippen molar-refractivity contribution in [2.24, 2.45) is 0 Å². The van der Waals surface area contributed by atoms with E-state index in [9.17, 15) is 0 Å². The fourth-order valence-corrected chi connectivity index (χ4v) is 1.43. The number of hydrogen-bond acceptors (Lipinski definition) is 1. The Labute approximate surface area is 76.3 Å². The molecule has 0 N–H and O–H groups in total. The van der Waals surface area contributed by atoms with Crippen LogP contribution in [0.25, 0.3) is 0 Å². The Hall–Kier alpha value is 0.250. The maximum Gasteiger partial charge on any atom is 0.0609 e. The number of halogens is 1. The maximum absolute atomic E-state index is 3.08. The molecule has 0 aromatic carbocycles. The van der Waals surface area contributed by atoms with E-state index in [0.717, 1.165) is 6.54 Å². The standard InChI is InChI=1S/C8H12IN/c9-5-4-8-10-6-2-1-3-7-10/h1-3,6-8H2. The van der Waals surface area contributed by atoms with E-state index in [2.05, 4.69) is 37.3 Å². The zero-order chi connectivity index (χ0) is 7.23. The van der Waals surface area contributed by atoms with Crippen LogP contribution in [0.15, 0.2) is 0 Å². The lowest BCUT2D eigenvalue weighted by molar-refractivity contribution is 0.255. The molecule has 0 amide bonds. The Morgan fingerprint density at radius 2 is 1.90 bits per heavy atom. The molecule has 0 aromatic heterocycles. The molecule has 0 unspecified atom stereocenters. The fraction of sp³-hybridized carbons (Fsp3) is 0.750. The Bertz CT molecular complexity index is 139. The highest BCUT2D eigenvalue weighted by Gasteiger charge is 2.06. The van der Waals surface area contributed by atoms with Crippen LogP contribution in [0.4, 0.5) is 0 Å². The normalized spacial score (nSPS) is 19.7. The highest BCUT2D eigenvalue weighted by molar-refractivity contribution is 14.1. The molecule has 1 heterocycles. The first-order chi connectivity index (χ1) is 4.93. The molecule has 0 spiro atoms. The van der Waals surface area contributed by atoms with Gasteiger partial charge in [-0.05, 0) is 29.9 Å². The molecule has 0 saturated carbocycles. The van der Waals surface area contributed by atoms with Gasteiger partial charge in [0.15, 0.2) is 0 Å². The number of nitrogens with zero attached hydrogens (tertiary/aromatic N) is 1. The van der Waals surface area contributed by atoms with Gasteiger partial charge in [0, 0.05) is 22.6 Å². The summed E-state index contributed by atoms with van der Waals surface area (Å²) in [7, 11) is 0. The molecule has 10 heavy (non-hydrogen) atoms. The second kappa shape index (κ2) is 4.97. The first-order valence-corrected chi connectivity index (χ1v) is 4.82. The molecule has 1 nitrogen and oxygen atoms in total. The molecule has 0 aromatic rings. The first kappa shape index (κ1) is 8.35. The topological polar surface area (TPSA) is 3.24 Å². The van der Waals surface area contributed by atoms with Gasteiger partial charge < -0.3 is 0 Å². The molecule has 1 aliphatic heterocycles. The van der Waals surface area contributed by atoms with E-state index in [4.69, 9.17) is 0 Å². The van der Waals surface area contributed by atoms with Gasteiger partial charge in [-0.3, -0.25) is 4.90 Å². The van der Waals surface area contributed by atoms with Gasteiger partial charge in [-0.2, -0.15) is 0 Å².